The number of nitro groups is 1. The SMILES string of the molecule is O=C(c1ccc(Cl)cc1)N(Cc1ccccc1[N+](=O)[O-])N1C(=O)[C@H]2C3c4ccccc4C(c4ccccc43)[C@@H]2C1=O. The second-order valence-corrected chi connectivity index (χ2v) is 10.9. The summed E-state index contributed by atoms with van der Waals surface area (Å²) in [7, 11) is 0. The van der Waals surface area contributed by atoms with Crippen LogP contribution in [0, 0.1) is 22.0 Å². The predicted octanol–water partition coefficient (Wildman–Crippen LogP) is 5.70. The van der Waals surface area contributed by atoms with E-state index in [1.165, 1.54) is 30.3 Å². The molecule has 1 aliphatic heterocycles. The fourth-order valence-electron chi connectivity index (χ4n) is 6.86. The van der Waals surface area contributed by atoms with Crippen molar-refractivity contribution in [1.82, 2.24) is 10.0 Å². The summed E-state index contributed by atoms with van der Waals surface area (Å²) in [6, 6.07) is 27.8. The summed E-state index contributed by atoms with van der Waals surface area (Å²) >= 11 is 6.05. The number of benzene rings is 4. The molecule has 0 spiro atoms. The molecule has 3 amide bonds. The van der Waals surface area contributed by atoms with E-state index in [1.807, 2.05) is 48.5 Å². The lowest BCUT2D eigenvalue weighted by molar-refractivity contribution is -0.385. The fourth-order valence-corrected chi connectivity index (χ4v) is 6.98. The van der Waals surface area contributed by atoms with Crippen LogP contribution in [-0.4, -0.2) is 32.7 Å². The topological polar surface area (TPSA) is 101 Å². The molecule has 8 nitrogen and oxygen atoms in total. The van der Waals surface area contributed by atoms with Crippen LogP contribution < -0.4 is 0 Å². The molecule has 1 saturated heterocycles. The zero-order valence-corrected chi connectivity index (χ0v) is 22.3. The van der Waals surface area contributed by atoms with Crippen LogP contribution in [0.1, 0.15) is 50.0 Å². The zero-order valence-electron chi connectivity index (χ0n) is 21.5. The van der Waals surface area contributed by atoms with Crippen LogP contribution >= 0.6 is 11.6 Å². The molecular formula is C32H22ClN3O5. The first-order valence-electron chi connectivity index (χ1n) is 13.2. The molecule has 3 aliphatic carbocycles. The average Bonchev–Trinajstić information content (AvgIpc) is 3.26. The number of carbonyl (C=O) groups excluding carboxylic acids is 3. The van der Waals surface area contributed by atoms with Crippen LogP contribution in [0.2, 0.25) is 5.02 Å². The Labute approximate surface area is 239 Å². The lowest BCUT2D eigenvalue weighted by atomic mass is 9.55. The van der Waals surface area contributed by atoms with Crippen molar-refractivity contribution >= 4 is 35.0 Å². The first-order valence-corrected chi connectivity index (χ1v) is 13.6. The highest BCUT2D eigenvalue weighted by molar-refractivity contribution is 6.30. The molecule has 4 aromatic carbocycles. The molecule has 41 heavy (non-hydrogen) atoms. The van der Waals surface area contributed by atoms with Gasteiger partial charge in [-0.15, -0.1) is 0 Å². The third-order valence-corrected chi connectivity index (χ3v) is 8.75. The van der Waals surface area contributed by atoms with Gasteiger partial charge >= 0.3 is 0 Å². The number of halogens is 1. The molecule has 0 aromatic heterocycles. The molecule has 0 unspecified atom stereocenters. The molecule has 202 valence electrons. The summed E-state index contributed by atoms with van der Waals surface area (Å²) in [5.74, 6) is -3.72. The normalized spacial score (nSPS) is 21.7. The van der Waals surface area contributed by atoms with Crippen molar-refractivity contribution in [3.63, 3.8) is 0 Å². The van der Waals surface area contributed by atoms with E-state index in [0.717, 1.165) is 32.3 Å². The predicted molar refractivity (Wildman–Crippen MR) is 150 cm³/mol. The van der Waals surface area contributed by atoms with Gasteiger partial charge in [-0.25, -0.2) is 5.01 Å². The summed E-state index contributed by atoms with van der Waals surface area (Å²) in [6.45, 7) is -0.342. The minimum Gasteiger partial charge on any atom is -0.272 e. The van der Waals surface area contributed by atoms with Gasteiger partial charge in [0.25, 0.3) is 23.4 Å². The van der Waals surface area contributed by atoms with Gasteiger partial charge in [0.15, 0.2) is 0 Å². The molecule has 1 fully saturated rings. The van der Waals surface area contributed by atoms with Crippen LogP contribution in [0.25, 0.3) is 0 Å². The van der Waals surface area contributed by atoms with Gasteiger partial charge < -0.3 is 0 Å². The van der Waals surface area contributed by atoms with Crippen LogP contribution in [-0.2, 0) is 16.1 Å². The van der Waals surface area contributed by atoms with Gasteiger partial charge in [-0.2, -0.15) is 5.01 Å². The van der Waals surface area contributed by atoms with Crippen LogP contribution in [0.4, 0.5) is 5.69 Å². The largest absolute Gasteiger partial charge is 0.274 e. The fraction of sp³-hybridized carbons (Fsp3) is 0.156. The molecule has 0 radical (unpaired) electrons. The Kier molecular flexibility index (Phi) is 5.76. The van der Waals surface area contributed by atoms with Crippen molar-refractivity contribution in [3.8, 4) is 0 Å². The summed E-state index contributed by atoms with van der Waals surface area (Å²) in [5.41, 5.74) is 4.22. The van der Waals surface area contributed by atoms with Crippen molar-refractivity contribution in [2.24, 2.45) is 11.8 Å². The van der Waals surface area contributed by atoms with E-state index in [-0.39, 0.29) is 35.2 Å². The number of imide groups is 1. The number of hydrogen-bond acceptors (Lipinski definition) is 5. The Morgan fingerprint density at radius 2 is 1.22 bits per heavy atom. The Morgan fingerprint density at radius 3 is 1.71 bits per heavy atom. The van der Waals surface area contributed by atoms with E-state index >= 15 is 0 Å². The van der Waals surface area contributed by atoms with Crippen molar-refractivity contribution in [2.75, 3.05) is 0 Å². The van der Waals surface area contributed by atoms with E-state index in [0.29, 0.717) is 5.02 Å². The summed E-state index contributed by atoms with van der Waals surface area (Å²) in [6.07, 6.45) is 0. The van der Waals surface area contributed by atoms with E-state index in [1.54, 1.807) is 18.2 Å². The highest BCUT2D eigenvalue weighted by Crippen LogP contribution is 2.61. The van der Waals surface area contributed by atoms with Gasteiger partial charge in [0.1, 0.15) is 0 Å². The molecule has 4 aliphatic rings. The van der Waals surface area contributed by atoms with E-state index in [2.05, 4.69) is 0 Å². The summed E-state index contributed by atoms with van der Waals surface area (Å²) in [4.78, 5) is 54.0. The smallest absolute Gasteiger partial charge is 0.272 e. The van der Waals surface area contributed by atoms with Crippen molar-refractivity contribution in [2.45, 2.75) is 18.4 Å². The third kappa shape index (κ3) is 3.71. The molecule has 2 bridgehead atoms. The number of nitro benzene ring substituents is 1. The van der Waals surface area contributed by atoms with Crippen LogP contribution in [0.3, 0.4) is 0 Å². The quantitative estimate of drug-likeness (QED) is 0.176. The third-order valence-electron chi connectivity index (χ3n) is 8.50. The van der Waals surface area contributed by atoms with Gasteiger partial charge in [0, 0.05) is 28.5 Å². The number of rotatable bonds is 5. The summed E-state index contributed by atoms with van der Waals surface area (Å²) < 4.78 is 0. The highest BCUT2D eigenvalue weighted by atomic mass is 35.5. The zero-order chi connectivity index (χ0) is 28.4. The van der Waals surface area contributed by atoms with Gasteiger partial charge in [-0.1, -0.05) is 78.3 Å². The summed E-state index contributed by atoms with van der Waals surface area (Å²) in [5, 5.41) is 14.2. The highest BCUT2D eigenvalue weighted by Gasteiger charge is 2.63. The van der Waals surface area contributed by atoms with Crippen molar-refractivity contribution in [3.05, 3.63) is 146 Å². The number of nitrogens with zero attached hydrogens (tertiary/aromatic N) is 3. The van der Waals surface area contributed by atoms with Crippen molar-refractivity contribution in [1.29, 1.82) is 0 Å². The molecular weight excluding hydrogens is 542 g/mol. The number of hydrogen-bond donors (Lipinski definition) is 0. The molecule has 8 rings (SSSR count). The Morgan fingerprint density at radius 1 is 0.756 bits per heavy atom. The molecule has 0 saturated carbocycles. The molecule has 2 atom stereocenters. The lowest BCUT2D eigenvalue weighted by Crippen LogP contribution is -2.50. The second-order valence-electron chi connectivity index (χ2n) is 10.5. The monoisotopic (exact) mass is 563 g/mol. The first kappa shape index (κ1) is 25.2. The number of para-hydroxylation sites is 1. The molecule has 4 aromatic rings. The Bertz CT molecular complexity index is 1660. The Hall–Kier alpha value is -4.82. The van der Waals surface area contributed by atoms with Gasteiger partial charge in [-0.05, 0) is 46.5 Å². The van der Waals surface area contributed by atoms with Gasteiger partial charge in [0.05, 0.1) is 28.9 Å². The minimum absolute atomic E-state index is 0.193. The van der Waals surface area contributed by atoms with Crippen LogP contribution in [0.15, 0.2) is 97.1 Å². The minimum atomic E-state index is -0.705. The van der Waals surface area contributed by atoms with E-state index in [4.69, 9.17) is 11.6 Å². The Balaban J connectivity index is 1.36. The van der Waals surface area contributed by atoms with E-state index in [9.17, 15) is 24.5 Å². The van der Waals surface area contributed by atoms with E-state index < -0.39 is 34.5 Å². The maximum Gasteiger partial charge on any atom is 0.274 e. The standard InChI is InChI=1S/C32H22ClN3O5/c33-20-15-13-18(14-16-20)30(37)34(17-19-7-1-6-12-25(19)36(40)41)35-31(38)28-26-21-8-2-3-9-22(21)27(29(28)32(35)39)24-11-5-4-10-23(24)26/h1-16,26-29H,17H2/t26?,27?,28-,29-/m0/s1. The lowest BCUT2D eigenvalue weighted by Gasteiger charge is -2.45. The maximum atomic E-state index is 14.4. The molecule has 0 N–H and O–H groups in total. The molecule has 1 heterocycles. The van der Waals surface area contributed by atoms with Crippen LogP contribution in [0.5, 0.6) is 0 Å². The maximum absolute atomic E-state index is 14.4. The number of hydrazine groups is 1. The van der Waals surface area contributed by atoms with Crippen molar-refractivity contribution < 1.29 is 19.3 Å². The van der Waals surface area contributed by atoms with Gasteiger partial charge in [-0.3, -0.25) is 24.5 Å². The average molecular weight is 564 g/mol. The molecule has 9 heteroatoms. The second kappa shape index (κ2) is 9.38. The number of carbonyl (C=O) groups is 3. The van der Waals surface area contributed by atoms with Gasteiger partial charge in [0.2, 0.25) is 0 Å². The number of amides is 3. The first-order chi connectivity index (χ1) is 19.9.